The number of ether oxygens (including phenoxy) is 2. The molecular formula is C19H24N4O3. The van der Waals surface area contributed by atoms with Crippen LogP contribution in [0.5, 0.6) is 5.75 Å². The van der Waals surface area contributed by atoms with Crippen molar-refractivity contribution in [3.05, 3.63) is 41.5 Å². The van der Waals surface area contributed by atoms with Crippen LogP contribution in [0.4, 0.5) is 22.1 Å². The molecule has 1 aromatic carbocycles. The number of pyridine rings is 1. The largest absolute Gasteiger partial charge is 0.496 e. The molecule has 1 aromatic heterocycles. The number of anilines is 3. The molecule has 2 aromatic rings. The molecule has 26 heavy (non-hydrogen) atoms. The molecule has 0 bridgehead atoms. The molecule has 7 heteroatoms. The number of nitrogens with one attached hydrogen (secondary N) is 2. The topological polar surface area (TPSA) is 98.5 Å². The van der Waals surface area contributed by atoms with E-state index in [2.05, 4.69) is 21.7 Å². The van der Waals surface area contributed by atoms with Crippen LogP contribution in [-0.4, -0.2) is 24.8 Å². The summed E-state index contributed by atoms with van der Waals surface area (Å²) in [6.07, 6.45) is 2.54. The molecule has 4 N–H and O–H groups in total. The van der Waals surface area contributed by atoms with Crippen LogP contribution in [0.1, 0.15) is 36.9 Å². The van der Waals surface area contributed by atoms with Gasteiger partial charge in [-0.15, -0.1) is 0 Å². The molecule has 1 aliphatic rings. The van der Waals surface area contributed by atoms with Gasteiger partial charge in [0.2, 0.25) is 0 Å². The number of amides is 1. The number of methoxy groups -OCH3 is 1. The van der Waals surface area contributed by atoms with E-state index >= 15 is 0 Å². The highest BCUT2D eigenvalue weighted by Gasteiger charge is 2.23. The summed E-state index contributed by atoms with van der Waals surface area (Å²) in [6.45, 7) is 2.04. The summed E-state index contributed by atoms with van der Waals surface area (Å²) in [5.74, 6) is 1.83. The number of aromatic nitrogens is 1. The van der Waals surface area contributed by atoms with Gasteiger partial charge in [-0.05, 0) is 55.5 Å². The van der Waals surface area contributed by atoms with Gasteiger partial charge in [0, 0.05) is 0 Å². The van der Waals surface area contributed by atoms with E-state index in [0.29, 0.717) is 18.1 Å². The summed E-state index contributed by atoms with van der Waals surface area (Å²) in [7, 11) is 1.70. The van der Waals surface area contributed by atoms with Gasteiger partial charge in [-0.1, -0.05) is 12.1 Å². The second kappa shape index (κ2) is 7.95. The highest BCUT2D eigenvalue weighted by Crippen LogP contribution is 2.37. The Bertz CT molecular complexity index is 794. The number of fused-ring (bicyclic) bond motifs is 1. The Morgan fingerprint density at radius 2 is 2.19 bits per heavy atom. The van der Waals surface area contributed by atoms with Crippen LogP contribution in [0.2, 0.25) is 0 Å². The third-order valence-electron chi connectivity index (χ3n) is 4.44. The number of carbonyl (C=O) groups excluding carboxylic acids is 1. The summed E-state index contributed by atoms with van der Waals surface area (Å²) in [4.78, 5) is 15.9. The van der Waals surface area contributed by atoms with Gasteiger partial charge in [0.1, 0.15) is 17.4 Å². The van der Waals surface area contributed by atoms with Gasteiger partial charge in [-0.2, -0.15) is 0 Å². The zero-order valence-corrected chi connectivity index (χ0v) is 15.0. The van der Waals surface area contributed by atoms with Gasteiger partial charge in [-0.25, -0.2) is 9.78 Å². The second-order valence-electron chi connectivity index (χ2n) is 6.09. The lowest BCUT2D eigenvalue weighted by atomic mass is 9.87. The SMILES string of the molecule is CCOC(=O)Nc1ccc(NC2CCCc3c(OC)cccc32)nc1N. The molecule has 7 nitrogen and oxygen atoms in total. The summed E-state index contributed by atoms with van der Waals surface area (Å²) in [6, 6.07) is 9.78. The van der Waals surface area contributed by atoms with Crippen LogP contribution in [0.25, 0.3) is 0 Å². The van der Waals surface area contributed by atoms with Crippen LogP contribution in [-0.2, 0) is 11.2 Å². The van der Waals surface area contributed by atoms with Gasteiger partial charge < -0.3 is 20.5 Å². The Morgan fingerprint density at radius 1 is 1.35 bits per heavy atom. The summed E-state index contributed by atoms with van der Waals surface area (Å²) >= 11 is 0. The molecule has 0 spiro atoms. The standard InChI is InChI=1S/C19H24N4O3/c1-3-26-19(24)22-15-10-11-17(23-18(15)20)21-14-8-4-7-13-12(14)6-5-9-16(13)25-2/h5-6,9-11,14H,3-4,7-8H2,1-2H3,(H,22,24)(H3,20,21,23). The van der Waals surface area contributed by atoms with E-state index in [1.165, 1.54) is 11.1 Å². The van der Waals surface area contributed by atoms with Crippen LogP contribution < -0.4 is 21.1 Å². The van der Waals surface area contributed by atoms with Gasteiger partial charge in [0.05, 0.1) is 25.4 Å². The first-order chi connectivity index (χ1) is 12.6. The molecule has 0 fully saturated rings. The Morgan fingerprint density at radius 3 is 2.92 bits per heavy atom. The fourth-order valence-corrected chi connectivity index (χ4v) is 3.27. The minimum Gasteiger partial charge on any atom is -0.496 e. The predicted molar refractivity (Wildman–Crippen MR) is 102 cm³/mol. The maximum Gasteiger partial charge on any atom is 0.411 e. The highest BCUT2D eigenvalue weighted by molar-refractivity contribution is 5.88. The molecule has 0 radical (unpaired) electrons. The average molecular weight is 356 g/mol. The summed E-state index contributed by atoms with van der Waals surface area (Å²) in [5, 5.41) is 6.02. The maximum absolute atomic E-state index is 11.5. The van der Waals surface area contributed by atoms with Crippen LogP contribution in [0, 0.1) is 0 Å². The van der Waals surface area contributed by atoms with Crippen molar-refractivity contribution in [1.29, 1.82) is 0 Å². The molecule has 1 atom stereocenters. The van der Waals surface area contributed by atoms with Gasteiger partial charge >= 0.3 is 6.09 Å². The lowest BCUT2D eigenvalue weighted by Crippen LogP contribution is -2.19. The number of nitrogens with two attached hydrogens (primary N) is 1. The quantitative estimate of drug-likeness (QED) is 0.755. The third-order valence-corrected chi connectivity index (χ3v) is 4.44. The smallest absolute Gasteiger partial charge is 0.411 e. The van der Waals surface area contributed by atoms with Crippen LogP contribution >= 0.6 is 0 Å². The first-order valence-corrected chi connectivity index (χ1v) is 8.75. The number of hydrogen-bond acceptors (Lipinski definition) is 6. The zero-order chi connectivity index (χ0) is 18.5. The Hall–Kier alpha value is -2.96. The van der Waals surface area contributed by atoms with E-state index in [1.807, 2.05) is 12.1 Å². The normalized spacial score (nSPS) is 15.7. The van der Waals surface area contributed by atoms with Crippen molar-refractivity contribution in [1.82, 2.24) is 4.98 Å². The molecule has 1 heterocycles. The Balaban J connectivity index is 1.76. The van der Waals surface area contributed by atoms with E-state index in [-0.39, 0.29) is 11.9 Å². The fraction of sp³-hybridized carbons (Fsp3) is 0.368. The van der Waals surface area contributed by atoms with Crippen molar-refractivity contribution in [3.8, 4) is 5.75 Å². The average Bonchev–Trinajstić information content (AvgIpc) is 2.64. The van der Waals surface area contributed by atoms with E-state index in [9.17, 15) is 4.79 Å². The Labute approximate surface area is 152 Å². The van der Waals surface area contributed by atoms with E-state index in [0.717, 1.165) is 25.0 Å². The number of nitrogens with zero attached hydrogens (tertiary/aromatic N) is 1. The van der Waals surface area contributed by atoms with Crippen molar-refractivity contribution in [3.63, 3.8) is 0 Å². The minimum absolute atomic E-state index is 0.143. The van der Waals surface area contributed by atoms with Gasteiger partial charge in [0.15, 0.2) is 0 Å². The fourth-order valence-electron chi connectivity index (χ4n) is 3.27. The summed E-state index contributed by atoms with van der Waals surface area (Å²) < 4.78 is 10.3. The van der Waals surface area contributed by atoms with Crippen molar-refractivity contribution < 1.29 is 14.3 Å². The number of carbonyl (C=O) groups is 1. The molecule has 0 aliphatic heterocycles. The van der Waals surface area contributed by atoms with Crippen molar-refractivity contribution >= 4 is 23.4 Å². The van der Waals surface area contributed by atoms with Crippen molar-refractivity contribution in [2.24, 2.45) is 0 Å². The Kier molecular flexibility index (Phi) is 5.46. The van der Waals surface area contributed by atoms with Crippen molar-refractivity contribution in [2.75, 3.05) is 30.1 Å². The lowest BCUT2D eigenvalue weighted by molar-refractivity contribution is 0.168. The van der Waals surface area contributed by atoms with Crippen molar-refractivity contribution in [2.45, 2.75) is 32.2 Å². The molecule has 0 saturated heterocycles. The minimum atomic E-state index is -0.546. The molecule has 1 aliphatic carbocycles. The number of hydrogen-bond donors (Lipinski definition) is 3. The second-order valence-corrected chi connectivity index (χ2v) is 6.09. The first-order valence-electron chi connectivity index (χ1n) is 8.75. The monoisotopic (exact) mass is 356 g/mol. The molecular weight excluding hydrogens is 332 g/mol. The van der Waals surface area contributed by atoms with Gasteiger partial charge in [-0.3, -0.25) is 5.32 Å². The summed E-state index contributed by atoms with van der Waals surface area (Å²) in [5.41, 5.74) is 8.87. The lowest BCUT2D eigenvalue weighted by Gasteiger charge is -2.28. The predicted octanol–water partition coefficient (Wildman–Crippen LogP) is 3.73. The maximum atomic E-state index is 11.5. The molecule has 1 unspecified atom stereocenters. The number of benzene rings is 1. The highest BCUT2D eigenvalue weighted by atomic mass is 16.5. The van der Waals surface area contributed by atoms with Crippen LogP contribution in [0.3, 0.4) is 0 Å². The zero-order valence-electron chi connectivity index (χ0n) is 15.0. The number of nitrogen functional groups attached to an aromatic ring is 1. The van der Waals surface area contributed by atoms with E-state index in [1.54, 1.807) is 26.2 Å². The molecule has 0 saturated carbocycles. The van der Waals surface area contributed by atoms with Gasteiger partial charge in [0.25, 0.3) is 0 Å². The van der Waals surface area contributed by atoms with E-state index < -0.39 is 6.09 Å². The molecule has 3 rings (SSSR count). The van der Waals surface area contributed by atoms with E-state index in [4.69, 9.17) is 15.2 Å². The number of rotatable bonds is 5. The first kappa shape index (κ1) is 17.8. The van der Waals surface area contributed by atoms with Crippen LogP contribution in [0.15, 0.2) is 30.3 Å². The third kappa shape index (κ3) is 3.82. The molecule has 138 valence electrons. The molecule has 1 amide bonds.